The summed E-state index contributed by atoms with van der Waals surface area (Å²) in [5.74, 6) is 4.05. The van der Waals surface area contributed by atoms with E-state index in [9.17, 15) is 0 Å². The summed E-state index contributed by atoms with van der Waals surface area (Å²) in [6, 6.07) is 5.97. The van der Waals surface area contributed by atoms with Crippen molar-refractivity contribution < 1.29 is 14.2 Å². The fraction of sp³-hybridized carbons (Fsp3) is 0.591. The minimum atomic E-state index is 0.483. The number of morpholine rings is 1. The molecule has 0 bridgehead atoms. The Bertz CT molecular complexity index is 909. The van der Waals surface area contributed by atoms with Gasteiger partial charge in [0, 0.05) is 45.2 Å². The van der Waals surface area contributed by atoms with Crippen LogP contribution in [0.2, 0.25) is 0 Å². The molecule has 1 saturated heterocycles. The van der Waals surface area contributed by atoms with Crippen molar-refractivity contribution in [2.45, 2.75) is 26.4 Å². The van der Waals surface area contributed by atoms with Crippen LogP contribution in [0.3, 0.4) is 0 Å². The summed E-state index contributed by atoms with van der Waals surface area (Å²) in [5.41, 5.74) is 1.01. The summed E-state index contributed by atoms with van der Waals surface area (Å²) in [4.78, 5) is 7.22. The van der Waals surface area contributed by atoms with Crippen LogP contribution in [0, 0.1) is 6.92 Å². The van der Waals surface area contributed by atoms with Crippen molar-refractivity contribution in [3.63, 3.8) is 0 Å². The molecule has 0 aliphatic carbocycles. The summed E-state index contributed by atoms with van der Waals surface area (Å²) in [6.07, 6.45) is 0.879. The van der Waals surface area contributed by atoms with Gasteiger partial charge in [-0.3, -0.25) is 4.90 Å². The van der Waals surface area contributed by atoms with E-state index < -0.39 is 0 Å². The Labute approximate surface area is 189 Å². The second-order valence-corrected chi connectivity index (χ2v) is 7.92. The molecule has 0 radical (unpaired) electrons. The molecule has 1 aromatic heterocycles. The second-order valence-electron chi connectivity index (χ2n) is 7.92. The highest BCUT2D eigenvalue weighted by Gasteiger charge is 2.15. The minimum absolute atomic E-state index is 0.483. The zero-order chi connectivity index (χ0) is 22.2. The molecular formula is C22H33N7O3. The maximum Gasteiger partial charge on any atom is 0.192 e. The molecule has 1 fully saturated rings. The molecule has 10 nitrogen and oxygen atoms in total. The Hall–Kier alpha value is -2.85. The van der Waals surface area contributed by atoms with Gasteiger partial charge in [-0.1, -0.05) is 12.1 Å². The van der Waals surface area contributed by atoms with Crippen LogP contribution in [0.15, 0.2) is 23.2 Å². The maximum absolute atomic E-state index is 5.94. The van der Waals surface area contributed by atoms with Crippen LogP contribution in [-0.2, 0) is 24.9 Å². The first-order valence-electron chi connectivity index (χ1n) is 11.3. The Kier molecular flexibility index (Phi) is 7.78. The lowest BCUT2D eigenvalue weighted by Crippen LogP contribution is -2.44. The third-order valence-corrected chi connectivity index (χ3v) is 5.68. The number of fused-ring (bicyclic) bond motifs is 1. The molecule has 2 aliphatic heterocycles. The highest BCUT2D eigenvalue weighted by molar-refractivity contribution is 5.79. The molecule has 0 amide bonds. The largest absolute Gasteiger partial charge is 0.490 e. The summed E-state index contributed by atoms with van der Waals surface area (Å²) in [7, 11) is 1.96. The van der Waals surface area contributed by atoms with Gasteiger partial charge in [0.25, 0.3) is 0 Å². The lowest BCUT2D eigenvalue weighted by atomic mass is 10.2. The molecule has 1 aromatic carbocycles. The molecule has 2 aliphatic rings. The van der Waals surface area contributed by atoms with Gasteiger partial charge in [-0.15, -0.1) is 10.2 Å². The molecule has 174 valence electrons. The van der Waals surface area contributed by atoms with E-state index in [4.69, 9.17) is 19.2 Å². The number of guanidine groups is 1. The van der Waals surface area contributed by atoms with Crippen LogP contribution in [0.25, 0.3) is 0 Å². The molecular weight excluding hydrogens is 410 g/mol. The van der Waals surface area contributed by atoms with Crippen molar-refractivity contribution in [2.24, 2.45) is 12.0 Å². The van der Waals surface area contributed by atoms with Gasteiger partial charge in [-0.25, -0.2) is 4.99 Å². The standard InChI is InChI=1S/C22H33N7O3/c1-17-26-27-20(28(17)2)16-25-22(23-7-8-29-9-13-30-14-10-29)24-15-18-5-3-6-19-21(18)32-12-4-11-31-19/h3,5-6H,4,7-16H2,1-2H3,(H2,23,24,25). The minimum Gasteiger partial charge on any atom is -0.490 e. The number of aliphatic imine (C=N–C) groups is 1. The van der Waals surface area contributed by atoms with E-state index in [1.165, 1.54) is 0 Å². The molecule has 3 heterocycles. The van der Waals surface area contributed by atoms with Gasteiger partial charge in [0.1, 0.15) is 5.82 Å². The quantitative estimate of drug-likeness (QED) is 0.480. The zero-order valence-electron chi connectivity index (χ0n) is 19.0. The second kappa shape index (κ2) is 11.1. The zero-order valence-corrected chi connectivity index (χ0v) is 19.0. The van der Waals surface area contributed by atoms with Crippen molar-refractivity contribution >= 4 is 5.96 Å². The van der Waals surface area contributed by atoms with Gasteiger partial charge < -0.3 is 29.4 Å². The summed E-state index contributed by atoms with van der Waals surface area (Å²) < 4.78 is 19.2. The number of hydrogen-bond donors (Lipinski definition) is 2. The van der Waals surface area contributed by atoms with E-state index in [1.54, 1.807) is 0 Å². The third kappa shape index (κ3) is 5.89. The fourth-order valence-corrected chi connectivity index (χ4v) is 3.64. The third-order valence-electron chi connectivity index (χ3n) is 5.68. The molecule has 4 rings (SSSR count). The lowest BCUT2D eigenvalue weighted by Gasteiger charge is -2.26. The SMILES string of the molecule is Cc1nnc(CNC(=NCc2cccc3c2OCCCO3)NCCN2CCOCC2)n1C. The average molecular weight is 444 g/mol. The predicted molar refractivity (Wildman–Crippen MR) is 121 cm³/mol. The first-order valence-corrected chi connectivity index (χ1v) is 11.3. The molecule has 10 heteroatoms. The van der Waals surface area contributed by atoms with E-state index in [1.807, 2.05) is 36.7 Å². The van der Waals surface area contributed by atoms with Gasteiger partial charge in [0.15, 0.2) is 23.3 Å². The van der Waals surface area contributed by atoms with Crippen LogP contribution in [-0.4, -0.2) is 78.2 Å². The smallest absolute Gasteiger partial charge is 0.192 e. The van der Waals surface area contributed by atoms with Crippen molar-refractivity contribution in [1.29, 1.82) is 0 Å². The Morgan fingerprint density at radius 3 is 2.75 bits per heavy atom. The molecule has 32 heavy (non-hydrogen) atoms. The molecule has 0 unspecified atom stereocenters. The van der Waals surface area contributed by atoms with Gasteiger partial charge >= 0.3 is 0 Å². The number of aromatic nitrogens is 3. The van der Waals surface area contributed by atoms with Crippen LogP contribution < -0.4 is 20.1 Å². The monoisotopic (exact) mass is 443 g/mol. The number of rotatable bonds is 7. The predicted octanol–water partition coefficient (Wildman–Crippen LogP) is 0.852. The van der Waals surface area contributed by atoms with E-state index in [2.05, 4.69) is 25.7 Å². The van der Waals surface area contributed by atoms with Crippen molar-refractivity contribution in [1.82, 2.24) is 30.3 Å². The van der Waals surface area contributed by atoms with Crippen LogP contribution >= 0.6 is 0 Å². The maximum atomic E-state index is 5.94. The molecule has 0 atom stereocenters. The fourth-order valence-electron chi connectivity index (χ4n) is 3.64. The molecule has 2 aromatic rings. The Morgan fingerprint density at radius 2 is 1.94 bits per heavy atom. The van der Waals surface area contributed by atoms with E-state index >= 15 is 0 Å². The number of benzene rings is 1. The number of nitrogens with one attached hydrogen (secondary N) is 2. The Morgan fingerprint density at radius 1 is 1.09 bits per heavy atom. The normalized spacial score (nSPS) is 17.1. The molecule has 0 spiro atoms. The molecule has 2 N–H and O–H groups in total. The Balaban J connectivity index is 1.42. The average Bonchev–Trinajstić information content (AvgIpc) is 3.00. The van der Waals surface area contributed by atoms with Gasteiger partial charge in [0.2, 0.25) is 0 Å². The van der Waals surface area contributed by atoms with Gasteiger partial charge in [-0.2, -0.15) is 0 Å². The number of aryl methyl sites for hydroxylation is 1. The van der Waals surface area contributed by atoms with Crippen molar-refractivity contribution in [3.8, 4) is 11.5 Å². The number of ether oxygens (including phenoxy) is 3. The number of hydrogen-bond acceptors (Lipinski definition) is 7. The topological polar surface area (TPSA) is 98.1 Å². The van der Waals surface area contributed by atoms with E-state index in [0.717, 1.165) is 80.5 Å². The van der Waals surface area contributed by atoms with Crippen molar-refractivity contribution in [2.75, 3.05) is 52.6 Å². The number of para-hydroxylation sites is 1. The highest BCUT2D eigenvalue weighted by Crippen LogP contribution is 2.33. The van der Waals surface area contributed by atoms with E-state index in [-0.39, 0.29) is 0 Å². The lowest BCUT2D eigenvalue weighted by molar-refractivity contribution is 0.0389. The van der Waals surface area contributed by atoms with Crippen LogP contribution in [0.5, 0.6) is 11.5 Å². The summed E-state index contributed by atoms with van der Waals surface area (Å²) in [5, 5.41) is 15.2. The summed E-state index contributed by atoms with van der Waals surface area (Å²) >= 11 is 0. The summed E-state index contributed by atoms with van der Waals surface area (Å²) in [6.45, 7) is 9.54. The van der Waals surface area contributed by atoms with E-state index in [0.29, 0.717) is 26.3 Å². The van der Waals surface area contributed by atoms with Gasteiger partial charge in [0.05, 0.1) is 39.5 Å². The number of nitrogens with zero attached hydrogens (tertiary/aromatic N) is 5. The van der Waals surface area contributed by atoms with Crippen molar-refractivity contribution in [3.05, 3.63) is 35.4 Å². The first kappa shape index (κ1) is 22.3. The van der Waals surface area contributed by atoms with Gasteiger partial charge in [-0.05, 0) is 13.0 Å². The van der Waals surface area contributed by atoms with Crippen LogP contribution in [0.1, 0.15) is 23.6 Å². The molecule has 0 saturated carbocycles. The first-order chi connectivity index (χ1) is 15.7. The highest BCUT2D eigenvalue weighted by atomic mass is 16.5. The van der Waals surface area contributed by atoms with Crippen LogP contribution in [0.4, 0.5) is 0 Å².